The van der Waals surface area contributed by atoms with Crippen LogP contribution in [0.1, 0.15) is 28.1 Å². The van der Waals surface area contributed by atoms with Gasteiger partial charge in [0, 0.05) is 12.1 Å². The number of nitrogens with one attached hydrogen (secondary N) is 1. The molecular weight excluding hydrogens is 254 g/mol. The van der Waals surface area contributed by atoms with E-state index in [-0.39, 0.29) is 5.91 Å². The van der Waals surface area contributed by atoms with Crippen molar-refractivity contribution in [2.24, 2.45) is 0 Å². The summed E-state index contributed by atoms with van der Waals surface area (Å²) in [6.45, 7) is 5.00. The Balaban J connectivity index is 1.67. The van der Waals surface area contributed by atoms with Gasteiger partial charge in [-0.15, -0.1) is 0 Å². The Bertz CT molecular complexity index is 575. The van der Waals surface area contributed by atoms with Crippen LogP contribution >= 0.6 is 0 Å². The number of carbonyl (C=O) groups is 1. The molecule has 1 heterocycles. The summed E-state index contributed by atoms with van der Waals surface area (Å²) in [5.74, 6) is 1.06. The van der Waals surface area contributed by atoms with Gasteiger partial charge in [0.05, 0.1) is 12.9 Å². The van der Waals surface area contributed by atoms with Crippen molar-refractivity contribution in [2.45, 2.75) is 20.3 Å². The molecule has 1 amide bonds. The molecule has 0 aliphatic heterocycles. The molecule has 2 aromatic rings. The van der Waals surface area contributed by atoms with Gasteiger partial charge in [-0.2, -0.15) is 0 Å². The number of benzene rings is 1. The molecule has 0 radical (unpaired) electrons. The molecule has 0 saturated carbocycles. The van der Waals surface area contributed by atoms with Gasteiger partial charge in [-0.3, -0.25) is 4.79 Å². The number of amides is 1. The van der Waals surface area contributed by atoms with E-state index in [9.17, 15) is 4.79 Å². The molecule has 1 aromatic carbocycles. The van der Waals surface area contributed by atoms with Crippen LogP contribution in [0.5, 0.6) is 5.75 Å². The normalized spacial score (nSPS) is 10.3. The lowest BCUT2D eigenvalue weighted by molar-refractivity contribution is 0.0923. The van der Waals surface area contributed by atoms with Crippen molar-refractivity contribution < 1.29 is 13.9 Å². The summed E-state index contributed by atoms with van der Waals surface area (Å²) in [5.41, 5.74) is 2.02. The van der Waals surface area contributed by atoms with Crippen LogP contribution in [0.15, 0.2) is 41.0 Å². The summed E-state index contributed by atoms with van der Waals surface area (Å²) >= 11 is 0. The molecule has 0 fully saturated rings. The van der Waals surface area contributed by atoms with E-state index in [1.807, 2.05) is 38.1 Å². The zero-order valence-corrected chi connectivity index (χ0v) is 11.8. The maximum Gasteiger partial charge on any atom is 0.287 e. The molecule has 1 aromatic heterocycles. The summed E-state index contributed by atoms with van der Waals surface area (Å²) in [6, 6.07) is 9.68. The number of aryl methyl sites for hydroxylation is 2. The molecule has 1 N–H and O–H groups in total. The number of hydrogen-bond acceptors (Lipinski definition) is 3. The highest BCUT2D eigenvalue weighted by Crippen LogP contribution is 2.12. The number of furan rings is 1. The van der Waals surface area contributed by atoms with Gasteiger partial charge in [0.2, 0.25) is 0 Å². The standard InChI is InChI=1S/C16H19NO3/c1-12-5-3-6-14(11-12)19-9-4-8-17-16(18)15-13(2)7-10-20-15/h3,5-7,10-11H,4,8-9H2,1-2H3,(H,17,18). The fourth-order valence-electron chi connectivity index (χ4n) is 1.85. The molecule has 0 bridgehead atoms. The average Bonchev–Trinajstić information content (AvgIpc) is 2.84. The molecule has 0 spiro atoms. The highest BCUT2D eigenvalue weighted by Gasteiger charge is 2.11. The molecule has 0 aliphatic carbocycles. The van der Waals surface area contributed by atoms with E-state index in [1.54, 1.807) is 6.07 Å². The first-order valence-electron chi connectivity index (χ1n) is 6.68. The predicted octanol–water partition coefficient (Wildman–Crippen LogP) is 3.10. The fraction of sp³-hybridized carbons (Fsp3) is 0.312. The van der Waals surface area contributed by atoms with E-state index in [1.165, 1.54) is 11.8 Å². The zero-order chi connectivity index (χ0) is 14.4. The second-order valence-electron chi connectivity index (χ2n) is 4.71. The minimum atomic E-state index is -0.178. The third kappa shape index (κ3) is 3.88. The number of ether oxygens (including phenoxy) is 1. The Hall–Kier alpha value is -2.23. The quantitative estimate of drug-likeness (QED) is 0.823. The van der Waals surface area contributed by atoms with Gasteiger partial charge >= 0.3 is 0 Å². The van der Waals surface area contributed by atoms with Crippen LogP contribution in [-0.4, -0.2) is 19.1 Å². The molecule has 20 heavy (non-hydrogen) atoms. The minimum Gasteiger partial charge on any atom is -0.494 e. The van der Waals surface area contributed by atoms with E-state index in [4.69, 9.17) is 9.15 Å². The highest BCUT2D eigenvalue weighted by atomic mass is 16.5. The molecule has 106 valence electrons. The SMILES string of the molecule is Cc1cccc(OCCCNC(=O)c2occc2C)c1. The van der Waals surface area contributed by atoms with Crippen molar-refractivity contribution in [2.75, 3.05) is 13.2 Å². The van der Waals surface area contributed by atoms with Crippen LogP contribution in [0, 0.1) is 13.8 Å². The van der Waals surface area contributed by atoms with Crippen molar-refractivity contribution >= 4 is 5.91 Å². The monoisotopic (exact) mass is 273 g/mol. The van der Waals surface area contributed by atoms with Crippen LogP contribution in [0.4, 0.5) is 0 Å². The maximum atomic E-state index is 11.8. The van der Waals surface area contributed by atoms with Crippen LogP contribution in [0.2, 0.25) is 0 Å². The topological polar surface area (TPSA) is 51.5 Å². The molecule has 0 saturated heterocycles. The first-order valence-corrected chi connectivity index (χ1v) is 6.68. The van der Waals surface area contributed by atoms with E-state index >= 15 is 0 Å². The van der Waals surface area contributed by atoms with Crippen LogP contribution in [-0.2, 0) is 0 Å². The summed E-state index contributed by atoms with van der Waals surface area (Å²) in [5, 5.41) is 2.81. The molecule has 0 aliphatic rings. The Morgan fingerprint density at radius 1 is 1.30 bits per heavy atom. The van der Waals surface area contributed by atoms with Crippen molar-refractivity contribution in [3.8, 4) is 5.75 Å². The summed E-state index contributed by atoms with van der Waals surface area (Å²) < 4.78 is 10.7. The largest absolute Gasteiger partial charge is 0.494 e. The predicted molar refractivity (Wildman–Crippen MR) is 77.1 cm³/mol. The smallest absolute Gasteiger partial charge is 0.287 e. The van der Waals surface area contributed by atoms with Crippen molar-refractivity contribution in [1.82, 2.24) is 5.32 Å². The lowest BCUT2D eigenvalue weighted by Gasteiger charge is -2.07. The van der Waals surface area contributed by atoms with Gasteiger partial charge < -0.3 is 14.5 Å². The third-order valence-corrected chi connectivity index (χ3v) is 2.93. The maximum absolute atomic E-state index is 11.8. The summed E-state index contributed by atoms with van der Waals surface area (Å²) in [6.07, 6.45) is 2.27. The first-order chi connectivity index (χ1) is 9.66. The second-order valence-corrected chi connectivity index (χ2v) is 4.71. The first kappa shape index (κ1) is 14.2. The highest BCUT2D eigenvalue weighted by molar-refractivity contribution is 5.92. The van der Waals surface area contributed by atoms with Crippen LogP contribution in [0.3, 0.4) is 0 Å². The van der Waals surface area contributed by atoms with Crippen molar-refractivity contribution in [1.29, 1.82) is 0 Å². The lowest BCUT2D eigenvalue weighted by atomic mass is 10.2. The van der Waals surface area contributed by atoms with Gasteiger partial charge in [0.1, 0.15) is 5.75 Å². The van der Waals surface area contributed by atoms with E-state index in [2.05, 4.69) is 5.32 Å². The van der Waals surface area contributed by atoms with E-state index in [0.717, 1.165) is 17.7 Å². The van der Waals surface area contributed by atoms with Crippen LogP contribution < -0.4 is 10.1 Å². The molecule has 0 unspecified atom stereocenters. The molecule has 2 rings (SSSR count). The van der Waals surface area contributed by atoms with Crippen molar-refractivity contribution in [3.63, 3.8) is 0 Å². The van der Waals surface area contributed by atoms with Gasteiger partial charge in [-0.25, -0.2) is 0 Å². The molecule has 4 nitrogen and oxygen atoms in total. The van der Waals surface area contributed by atoms with Gasteiger partial charge in [0.15, 0.2) is 5.76 Å². The fourth-order valence-corrected chi connectivity index (χ4v) is 1.85. The Morgan fingerprint density at radius 2 is 2.15 bits per heavy atom. The Morgan fingerprint density at radius 3 is 2.85 bits per heavy atom. The van der Waals surface area contributed by atoms with Crippen LogP contribution in [0.25, 0.3) is 0 Å². The number of hydrogen-bond donors (Lipinski definition) is 1. The Labute approximate surface area is 118 Å². The van der Waals surface area contributed by atoms with E-state index in [0.29, 0.717) is 18.9 Å². The summed E-state index contributed by atoms with van der Waals surface area (Å²) in [7, 11) is 0. The Kier molecular flexibility index (Phi) is 4.82. The number of rotatable bonds is 6. The lowest BCUT2D eigenvalue weighted by Crippen LogP contribution is -2.25. The van der Waals surface area contributed by atoms with Gasteiger partial charge in [-0.05, 0) is 44.0 Å². The number of carbonyl (C=O) groups excluding carboxylic acids is 1. The van der Waals surface area contributed by atoms with Gasteiger partial charge in [-0.1, -0.05) is 12.1 Å². The molecule has 0 atom stereocenters. The van der Waals surface area contributed by atoms with Crippen molar-refractivity contribution in [3.05, 3.63) is 53.5 Å². The molecule has 4 heteroatoms. The molecular formula is C16H19NO3. The minimum absolute atomic E-state index is 0.178. The third-order valence-electron chi connectivity index (χ3n) is 2.93. The van der Waals surface area contributed by atoms with Gasteiger partial charge in [0.25, 0.3) is 5.91 Å². The van der Waals surface area contributed by atoms with E-state index < -0.39 is 0 Å². The zero-order valence-electron chi connectivity index (χ0n) is 11.8. The summed E-state index contributed by atoms with van der Waals surface area (Å²) in [4.78, 5) is 11.8. The average molecular weight is 273 g/mol. The second kappa shape index (κ2) is 6.80.